The van der Waals surface area contributed by atoms with E-state index in [0.29, 0.717) is 0 Å². The lowest BCUT2D eigenvalue weighted by molar-refractivity contribution is 0.187. The van der Waals surface area contributed by atoms with E-state index in [-0.39, 0.29) is 5.41 Å². The van der Waals surface area contributed by atoms with Gasteiger partial charge in [0.25, 0.3) is 0 Å². The molecular formula is C18H31NO. The van der Waals surface area contributed by atoms with Crippen LogP contribution < -0.4 is 5.32 Å². The maximum absolute atomic E-state index is 5.18. The largest absolute Gasteiger partial charge is 0.385 e. The highest BCUT2D eigenvalue weighted by Crippen LogP contribution is 2.33. The molecule has 0 aromatic heterocycles. The van der Waals surface area contributed by atoms with Crippen LogP contribution in [0.25, 0.3) is 0 Å². The Kier molecular flexibility index (Phi) is 8.56. The molecule has 1 aromatic carbocycles. The number of benzene rings is 1. The van der Waals surface area contributed by atoms with E-state index in [2.05, 4.69) is 49.5 Å². The fourth-order valence-corrected chi connectivity index (χ4v) is 2.85. The molecule has 1 N–H and O–H groups in total. The van der Waals surface area contributed by atoms with E-state index in [4.69, 9.17) is 4.74 Å². The van der Waals surface area contributed by atoms with Gasteiger partial charge in [-0.3, -0.25) is 0 Å². The molecule has 0 aliphatic heterocycles. The number of hydrogen-bond donors (Lipinski definition) is 1. The highest BCUT2D eigenvalue weighted by atomic mass is 16.5. The standard InChI is InChI=1S/C18H31NO/c1-4-14-19-16-18(5-2,13-9-10-15-20-3)17-11-7-6-8-12-17/h6-8,11-12,19H,4-5,9-10,13-16H2,1-3H3. The van der Waals surface area contributed by atoms with E-state index < -0.39 is 0 Å². The SMILES string of the molecule is CCCNCC(CC)(CCCCOC)c1ccccc1. The minimum Gasteiger partial charge on any atom is -0.385 e. The Morgan fingerprint density at radius 2 is 1.85 bits per heavy atom. The van der Waals surface area contributed by atoms with Crippen LogP contribution in [0.4, 0.5) is 0 Å². The monoisotopic (exact) mass is 277 g/mol. The summed E-state index contributed by atoms with van der Waals surface area (Å²) in [5.74, 6) is 0. The predicted molar refractivity (Wildman–Crippen MR) is 87.3 cm³/mol. The van der Waals surface area contributed by atoms with Crippen molar-refractivity contribution in [3.05, 3.63) is 35.9 Å². The third kappa shape index (κ3) is 5.26. The van der Waals surface area contributed by atoms with Gasteiger partial charge in [0, 0.05) is 25.7 Å². The third-order valence-corrected chi connectivity index (χ3v) is 4.21. The molecule has 2 nitrogen and oxygen atoms in total. The van der Waals surface area contributed by atoms with Gasteiger partial charge in [-0.15, -0.1) is 0 Å². The summed E-state index contributed by atoms with van der Waals surface area (Å²) in [4.78, 5) is 0. The molecule has 0 spiro atoms. The Balaban J connectivity index is 2.74. The van der Waals surface area contributed by atoms with Gasteiger partial charge in [0.2, 0.25) is 0 Å². The second kappa shape index (κ2) is 9.95. The van der Waals surface area contributed by atoms with Crippen molar-refractivity contribution in [2.75, 3.05) is 26.8 Å². The Bertz CT molecular complexity index is 339. The summed E-state index contributed by atoms with van der Waals surface area (Å²) >= 11 is 0. The van der Waals surface area contributed by atoms with Crippen LogP contribution in [0.3, 0.4) is 0 Å². The van der Waals surface area contributed by atoms with Gasteiger partial charge in [-0.25, -0.2) is 0 Å². The maximum atomic E-state index is 5.18. The second-order valence-corrected chi connectivity index (χ2v) is 5.63. The highest BCUT2D eigenvalue weighted by molar-refractivity contribution is 5.25. The number of rotatable bonds is 11. The van der Waals surface area contributed by atoms with Crippen molar-refractivity contribution < 1.29 is 4.74 Å². The summed E-state index contributed by atoms with van der Waals surface area (Å²) in [6.45, 7) is 7.59. The summed E-state index contributed by atoms with van der Waals surface area (Å²) in [6.07, 6.45) is 5.98. The van der Waals surface area contributed by atoms with Crippen molar-refractivity contribution in [3.8, 4) is 0 Å². The first kappa shape index (κ1) is 17.2. The maximum Gasteiger partial charge on any atom is 0.0462 e. The Morgan fingerprint density at radius 1 is 1.10 bits per heavy atom. The molecule has 0 bridgehead atoms. The van der Waals surface area contributed by atoms with Gasteiger partial charge in [0.15, 0.2) is 0 Å². The first-order valence-corrected chi connectivity index (χ1v) is 8.04. The van der Waals surface area contributed by atoms with Crippen LogP contribution in [-0.4, -0.2) is 26.8 Å². The van der Waals surface area contributed by atoms with Crippen LogP contribution in [0, 0.1) is 0 Å². The third-order valence-electron chi connectivity index (χ3n) is 4.21. The fourth-order valence-electron chi connectivity index (χ4n) is 2.85. The molecule has 2 heteroatoms. The molecule has 0 aliphatic rings. The summed E-state index contributed by atoms with van der Waals surface area (Å²) in [5, 5.41) is 3.64. The van der Waals surface area contributed by atoms with Crippen LogP contribution in [0.2, 0.25) is 0 Å². The number of unbranched alkanes of at least 4 members (excludes halogenated alkanes) is 1. The average Bonchev–Trinajstić information content (AvgIpc) is 2.51. The van der Waals surface area contributed by atoms with Crippen molar-refractivity contribution in [2.45, 2.75) is 51.4 Å². The van der Waals surface area contributed by atoms with E-state index in [1.807, 2.05) is 0 Å². The Labute approximate surface area is 124 Å². The second-order valence-electron chi connectivity index (χ2n) is 5.63. The summed E-state index contributed by atoms with van der Waals surface area (Å²) in [5.41, 5.74) is 1.74. The predicted octanol–water partition coefficient (Wildman–Crippen LogP) is 4.15. The van der Waals surface area contributed by atoms with Gasteiger partial charge in [-0.1, -0.05) is 50.6 Å². The lowest BCUT2D eigenvalue weighted by Gasteiger charge is -2.34. The summed E-state index contributed by atoms with van der Waals surface area (Å²) in [7, 11) is 1.78. The number of methoxy groups -OCH3 is 1. The first-order valence-electron chi connectivity index (χ1n) is 8.04. The molecule has 1 aromatic rings. The molecule has 114 valence electrons. The molecule has 1 atom stereocenters. The van der Waals surface area contributed by atoms with Crippen molar-refractivity contribution in [1.29, 1.82) is 0 Å². The van der Waals surface area contributed by atoms with E-state index >= 15 is 0 Å². The molecule has 0 saturated carbocycles. The smallest absolute Gasteiger partial charge is 0.0462 e. The van der Waals surface area contributed by atoms with Crippen LogP contribution in [0.5, 0.6) is 0 Å². The van der Waals surface area contributed by atoms with E-state index in [9.17, 15) is 0 Å². The molecule has 0 saturated heterocycles. The zero-order chi connectivity index (χ0) is 14.7. The Morgan fingerprint density at radius 3 is 2.45 bits per heavy atom. The lowest BCUT2D eigenvalue weighted by atomic mass is 9.74. The molecular weight excluding hydrogens is 246 g/mol. The molecule has 0 radical (unpaired) electrons. The zero-order valence-corrected chi connectivity index (χ0v) is 13.5. The topological polar surface area (TPSA) is 21.3 Å². The van der Waals surface area contributed by atoms with E-state index in [1.165, 1.54) is 31.2 Å². The van der Waals surface area contributed by atoms with Crippen LogP contribution in [0.15, 0.2) is 30.3 Å². The van der Waals surface area contributed by atoms with Crippen LogP contribution in [0.1, 0.15) is 51.5 Å². The normalized spacial score (nSPS) is 14.2. The minimum atomic E-state index is 0.268. The van der Waals surface area contributed by atoms with E-state index in [1.54, 1.807) is 7.11 Å². The van der Waals surface area contributed by atoms with Gasteiger partial charge in [0.1, 0.15) is 0 Å². The molecule has 0 amide bonds. The van der Waals surface area contributed by atoms with E-state index in [0.717, 1.165) is 26.1 Å². The molecule has 1 unspecified atom stereocenters. The number of ether oxygens (including phenoxy) is 1. The summed E-state index contributed by atoms with van der Waals surface area (Å²) in [6, 6.07) is 11.0. The van der Waals surface area contributed by atoms with Gasteiger partial charge in [-0.2, -0.15) is 0 Å². The number of nitrogens with one attached hydrogen (secondary N) is 1. The minimum absolute atomic E-state index is 0.268. The zero-order valence-electron chi connectivity index (χ0n) is 13.5. The molecule has 0 aliphatic carbocycles. The number of hydrogen-bond acceptors (Lipinski definition) is 2. The van der Waals surface area contributed by atoms with Crippen LogP contribution in [-0.2, 0) is 10.2 Å². The fraction of sp³-hybridized carbons (Fsp3) is 0.667. The molecule has 0 heterocycles. The molecule has 20 heavy (non-hydrogen) atoms. The van der Waals surface area contributed by atoms with Gasteiger partial charge in [-0.05, 0) is 37.8 Å². The van der Waals surface area contributed by atoms with Gasteiger partial charge >= 0.3 is 0 Å². The highest BCUT2D eigenvalue weighted by Gasteiger charge is 2.29. The lowest BCUT2D eigenvalue weighted by Crippen LogP contribution is -2.38. The quantitative estimate of drug-likeness (QED) is 0.613. The van der Waals surface area contributed by atoms with Gasteiger partial charge in [0.05, 0.1) is 0 Å². The summed E-state index contributed by atoms with van der Waals surface area (Å²) < 4.78 is 5.18. The molecule has 1 rings (SSSR count). The first-order chi connectivity index (χ1) is 9.79. The van der Waals surface area contributed by atoms with Crippen LogP contribution >= 0.6 is 0 Å². The van der Waals surface area contributed by atoms with Crippen molar-refractivity contribution >= 4 is 0 Å². The van der Waals surface area contributed by atoms with Crippen molar-refractivity contribution in [2.24, 2.45) is 0 Å². The average molecular weight is 277 g/mol. The molecule has 0 fully saturated rings. The van der Waals surface area contributed by atoms with Crippen molar-refractivity contribution in [3.63, 3.8) is 0 Å². The Hall–Kier alpha value is -0.860. The van der Waals surface area contributed by atoms with Crippen molar-refractivity contribution in [1.82, 2.24) is 5.32 Å². The van der Waals surface area contributed by atoms with Gasteiger partial charge < -0.3 is 10.1 Å².